The summed E-state index contributed by atoms with van der Waals surface area (Å²) in [5.74, 6) is -0.131. The summed E-state index contributed by atoms with van der Waals surface area (Å²) in [7, 11) is 0. The van der Waals surface area contributed by atoms with Gasteiger partial charge in [0.15, 0.2) is 0 Å². The van der Waals surface area contributed by atoms with E-state index in [1.165, 1.54) is 0 Å². The lowest BCUT2D eigenvalue weighted by Gasteiger charge is -2.29. The van der Waals surface area contributed by atoms with Crippen LogP contribution in [0.3, 0.4) is 0 Å². The van der Waals surface area contributed by atoms with Crippen molar-refractivity contribution >= 4 is 21.8 Å². The fourth-order valence-electron chi connectivity index (χ4n) is 2.02. The summed E-state index contributed by atoms with van der Waals surface area (Å²) in [5.41, 5.74) is 0.442. The zero-order chi connectivity index (χ0) is 13.7. The Labute approximate surface area is 121 Å². The molecule has 6 heteroatoms. The molecule has 1 aliphatic heterocycles. The molecule has 0 aromatic carbocycles. The SMILES string of the molecule is CC(CN1CCOCC1)NC(=O)c1ccc(Br)cn1. The summed E-state index contributed by atoms with van der Waals surface area (Å²) >= 11 is 3.30. The molecule has 5 nitrogen and oxygen atoms in total. The number of morpholine rings is 1. The Morgan fingerprint density at radius 1 is 1.53 bits per heavy atom. The largest absolute Gasteiger partial charge is 0.379 e. The Kier molecular flexibility index (Phi) is 5.30. The topological polar surface area (TPSA) is 54.5 Å². The van der Waals surface area contributed by atoms with Crippen molar-refractivity contribution in [1.29, 1.82) is 0 Å². The van der Waals surface area contributed by atoms with E-state index in [0.717, 1.165) is 37.3 Å². The minimum Gasteiger partial charge on any atom is -0.379 e. The molecule has 0 aliphatic carbocycles. The van der Waals surface area contributed by atoms with Gasteiger partial charge >= 0.3 is 0 Å². The quantitative estimate of drug-likeness (QED) is 0.905. The predicted octanol–water partition coefficient (Wildman–Crippen LogP) is 1.29. The van der Waals surface area contributed by atoms with Crippen LogP contribution >= 0.6 is 15.9 Å². The monoisotopic (exact) mass is 327 g/mol. The van der Waals surface area contributed by atoms with Crippen LogP contribution in [0.25, 0.3) is 0 Å². The van der Waals surface area contributed by atoms with Gasteiger partial charge in [-0.15, -0.1) is 0 Å². The second-order valence-corrected chi connectivity index (χ2v) is 5.56. The van der Waals surface area contributed by atoms with Crippen LogP contribution in [0.5, 0.6) is 0 Å². The van der Waals surface area contributed by atoms with Crippen LogP contribution in [0.4, 0.5) is 0 Å². The molecule has 1 aromatic rings. The van der Waals surface area contributed by atoms with Crippen molar-refractivity contribution in [2.75, 3.05) is 32.8 Å². The molecule has 19 heavy (non-hydrogen) atoms. The van der Waals surface area contributed by atoms with Gasteiger partial charge < -0.3 is 10.1 Å². The van der Waals surface area contributed by atoms with Crippen LogP contribution in [0.1, 0.15) is 17.4 Å². The van der Waals surface area contributed by atoms with Gasteiger partial charge in [-0.2, -0.15) is 0 Å². The van der Waals surface area contributed by atoms with Crippen LogP contribution in [0.2, 0.25) is 0 Å². The van der Waals surface area contributed by atoms with Gasteiger partial charge in [-0.25, -0.2) is 4.98 Å². The number of ether oxygens (including phenoxy) is 1. The molecule has 1 atom stereocenters. The molecule has 2 heterocycles. The maximum Gasteiger partial charge on any atom is 0.270 e. The van der Waals surface area contributed by atoms with Crippen LogP contribution in [0.15, 0.2) is 22.8 Å². The van der Waals surface area contributed by atoms with Crippen LogP contribution in [0, 0.1) is 0 Å². The summed E-state index contributed by atoms with van der Waals surface area (Å²) in [4.78, 5) is 18.4. The summed E-state index contributed by atoms with van der Waals surface area (Å²) in [5, 5.41) is 2.96. The van der Waals surface area contributed by atoms with E-state index in [1.807, 2.05) is 13.0 Å². The third-order valence-corrected chi connectivity index (χ3v) is 3.44. The Morgan fingerprint density at radius 3 is 2.89 bits per heavy atom. The van der Waals surface area contributed by atoms with E-state index >= 15 is 0 Å². The van der Waals surface area contributed by atoms with E-state index in [2.05, 4.69) is 31.1 Å². The Morgan fingerprint density at radius 2 is 2.26 bits per heavy atom. The number of carbonyl (C=O) groups is 1. The van der Waals surface area contributed by atoms with Gasteiger partial charge in [-0.3, -0.25) is 9.69 Å². The molecule has 0 spiro atoms. The molecular formula is C13H18BrN3O2. The van der Waals surface area contributed by atoms with Crippen molar-refractivity contribution in [3.05, 3.63) is 28.5 Å². The van der Waals surface area contributed by atoms with Gasteiger partial charge in [-0.05, 0) is 35.0 Å². The van der Waals surface area contributed by atoms with E-state index < -0.39 is 0 Å². The fourth-order valence-corrected chi connectivity index (χ4v) is 2.26. The molecule has 1 N–H and O–H groups in total. The molecule has 0 radical (unpaired) electrons. The molecule has 1 aromatic heterocycles. The molecular weight excluding hydrogens is 310 g/mol. The van der Waals surface area contributed by atoms with Gasteiger partial charge in [0.05, 0.1) is 13.2 Å². The van der Waals surface area contributed by atoms with Crippen molar-refractivity contribution in [1.82, 2.24) is 15.2 Å². The van der Waals surface area contributed by atoms with Gasteiger partial charge in [0.1, 0.15) is 5.69 Å². The number of carbonyl (C=O) groups excluding carboxylic acids is 1. The normalized spacial score (nSPS) is 18.0. The lowest BCUT2D eigenvalue weighted by Crippen LogP contribution is -2.46. The van der Waals surface area contributed by atoms with Crippen molar-refractivity contribution in [2.24, 2.45) is 0 Å². The van der Waals surface area contributed by atoms with Crippen LogP contribution < -0.4 is 5.32 Å². The highest BCUT2D eigenvalue weighted by Crippen LogP contribution is 2.07. The van der Waals surface area contributed by atoms with E-state index in [-0.39, 0.29) is 11.9 Å². The summed E-state index contributed by atoms with van der Waals surface area (Å²) in [6.07, 6.45) is 1.63. The van der Waals surface area contributed by atoms with Crippen molar-refractivity contribution < 1.29 is 9.53 Å². The zero-order valence-electron chi connectivity index (χ0n) is 10.9. The summed E-state index contributed by atoms with van der Waals surface area (Å²) < 4.78 is 6.17. The molecule has 1 amide bonds. The van der Waals surface area contributed by atoms with Crippen molar-refractivity contribution in [3.63, 3.8) is 0 Å². The van der Waals surface area contributed by atoms with Crippen LogP contribution in [-0.4, -0.2) is 54.7 Å². The first kappa shape index (κ1) is 14.4. The molecule has 1 aliphatic rings. The Hall–Kier alpha value is -0.980. The number of rotatable bonds is 4. The number of amides is 1. The lowest BCUT2D eigenvalue weighted by atomic mass is 10.2. The number of hydrogen-bond acceptors (Lipinski definition) is 4. The lowest BCUT2D eigenvalue weighted by molar-refractivity contribution is 0.0342. The van der Waals surface area contributed by atoms with E-state index in [1.54, 1.807) is 12.3 Å². The maximum absolute atomic E-state index is 12.0. The van der Waals surface area contributed by atoms with Crippen molar-refractivity contribution in [3.8, 4) is 0 Å². The number of hydrogen-bond donors (Lipinski definition) is 1. The average Bonchev–Trinajstić information content (AvgIpc) is 2.40. The van der Waals surface area contributed by atoms with Gasteiger partial charge in [-0.1, -0.05) is 0 Å². The minimum atomic E-state index is -0.131. The van der Waals surface area contributed by atoms with E-state index in [0.29, 0.717) is 5.69 Å². The van der Waals surface area contributed by atoms with E-state index in [9.17, 15) is 4.79 Å². The van der Waals surface area contributed by atoms with Gasteiger partial charge in [0, 0.05) is 36.3 Å². The third-order valence-electron chi connectivity index (χ3n) is 2.97. The first-order valence-corrected chi connectivity index (χ1v) is 7.17. The standard InChI is InChI=1S/C13H18BrN3O2/c1-10(9-17-4-6-19-7-5-17)16-13(18)12-3-2-11(14)8-15-12/h2-3,8,10H,4-7,9H2,1H3,(H,16,18). The fraction of sp³-hybridized carbons (Fsp3) is 0.538. The third kappa shape index (κ3) is 4.56. The smallest absolute Gasteiger partial charge is 0.270 e. The number of halogens is 1. The average molecular weight is 328 g/mol. The van der Waals surface area contributed by atoms with Gasteiger partial charge in [0.2, 0.25) is 0 Å². The molecule has 1 unspecified atom stereocenters. The summed E-state index contributed by atoms with van der Waals surface area (Å²) in [6.45, 7) is 6.25. The molecule has 104 valence electrons. The first-order valence-electron chi connectivity index (χ1n) is 6.37. The molecule has 0 bridgehead atoms. The highest BCUT2D eigenvalue weighted by molar-refractivity contribution is 9.10. The highest BCUT2D eigenvalue weighted by atomic mass is 79.9. The minimum absolute atomic E-state index is 0.0936. The summed E-state index contributed by atoms with van der Waals surface area (Å²) in [6, 6.07) is 3.62. The molecule has 0 saturated carbocycles. The number of pyridine rings is 1. The van der Waals surface area contributed by atoms with Crippen LogP contribution in [-0.2, 0) is 4.74 Å². The number of nitrogens with zero attached hydrogens (tertiary/aromatic N) is 2. The number of aromatic nitrogens is 1. The second-order valence-electron chi connectivity index (χ2n) is 4.65. The number of nitrogens with one attached hydrogen (secondary N) is 1. The Balaban J connectivity index is 1.82. The van der Waals surface area contributed by atoms with Gasteiger partial charge in [0.25, 0.3) is 5.91 Å². The molecule has 1 saturated heterocycles. The van der Waals surface area contributed by atoms with E-state index in [4.69, 9.17) is 4.74 Å². The molecule has 2 rings (SSSR count). The van der Waals surface area contributed by atoms with Crippen molar-refractivity contribution in [2.45, 2.75) is 13.0 Å². The predicted molar refractivity (Wildman–Crippen MR) is 76.1 cm³/mol. The highest BCUT2D eigenvalue weighted by Gasteiger charge is 2.16. The Bertz CT molecular complexity index is 418. The second kappa shape index (κ2) is 6.98. The first-order chi connectivity index (χ1) is 9.15. The zero-order valence-corrected chi connectivity index (χ0v) is 12.5. The maximum atomic E-state index is 12.0. The molecule has 1 fully saturated rings.